The summed E-state index contributed by atoms with van der Waals surface area (Å²) < 4.78 is 38.3. The van der Waals surface area contributed by atoms with Gasteiger partial charge in [0.25, 0.3) is 0 Å². The lowest BCUT2D eigenvalue weighted by Gasteiger charge is -2.34. The van der Waals surface area contributed by atoms with E-state index in [4.69, 9.17) is 9.47 Å². The van der Waals surface area contributed by atoms with Crippen molar-refractivity contribution >= 4 is 21.8 Å². The average Bonchev–Trinajstić information content (AvgIpc) is 2.83. The van der Waals surface area contributed by atoms with E-state index in [-0.39, 0.29) is 42.0 Å². The fourth-order valence-electron chi connectivity index (χ4n) is 3.92. The first-order valence-corrected chi connectivity index (χ1v) is 12.8. The van der Waals surface area contributed by atoms with Crippen LogP contribution < -0.4 is 10.1 Å². The summed E-state index contributed by atoms with van der Waals surface area (Å²) in [5.41, 5.74) is 0.619. The lowest BCUT2D eigenvalue weighted by Crippen LogP contribution is -2.51. The molecule has 1 N–H and O–H groups in total. The van der Waals surface area contributed by atoms with Gasteiger partial charge in [0, 0.05) is 45.8 Å². The highest BCUT2D eigenvalue weighted by molar-refractivity contribution is 7.89. The van der Waals surface area contributed by atoms with Crippen LogP contribution in [0.2, 0.25) is 0 Å². The van der Waals surface area contributed by atoms with Crippen molar-refractivity contribution in [2.45, 2.75) is 24.7 Å². The highest BCUT2D eigenvalue weighted by Gasteiger charge is 2.30. The molecule has 1 aromatic rings. The molecule has 2 fully saturated rings. The zero-order chi connectivity index (χ0) is 23.8. The van der Waals surface area contributed by atoms with Crippen molar-refractivity contribution in [2.75, 3.05) is 72.7 Å². The highest BCUT2D eigenvalue weighted by Crippen LogP contribution is 2.28. The standard InChI is InChI=1S/C22H34N4O6S/c1-3-6-23-21(27)17-24-7-9-25(10-8-24)22(28)16-18-4-5-19(31-2)20(15-18)33(29,30)26-11-13-32-14-12-26/h4-5,15H,3,6-14,16-17H2,1-2H3,(H,23,27). The van der Waals surface area contributed by atoms with Crippen molar-refractivity contribution < 1.29 is 27.5 Å². The van der Waals surface area contributed by atoms with Crippen LogP contribution >= 0.6 is 0 Å². The summed E-state index contributed by atoms with van der Waals surface area (Å²) in [6.07, 6.45) is 1.00. The number of nitrogens with zero attached hydrogens (tertiary/aromatic N) is 3. The summed E-state index contributed by atoms with van der Waals surface area (Å²) >= 11 is 0. The number of morpholine rings is 1. The van der Waals surface area contributed by atoms with Crippen LogP contribution in [0.25, 0.3) is 0 Å². The lowest BCUT2D eigenvalue weighted by atomic mass is 10.1. The molecule has 2 saturated heterocycles. The maximum atomic E-state index is 13.2. The van der Waals surface area contributed by atoms with Gasteiger partial charge in [0.1, 0.15) is 10.6 Å². The van der Waals surface area contributed by atoms with E-state index in [2.05, 4.69) is 5.32 Å². The van der Waals surface area contributed by atoms with Gasteiger partial charge in [0.05, 0.1) is 33.3 Å². The Morgan fingerprint density at radius 1 is 1.09 bits per heavy atom. The molecule has 0 atom stereocenters. The molecule has 1 aromatic carbocycles. The van der Waals surface area contributed by atoms with Crippen LogP contribution in [0, 0.1) is 0 Å². The topological polar surface area (TPSA) is 108 Å². The van der Waals surface area contributed by atoms with Gasteiger partial charge >= 0.3 is 0 Å². The van der Waals surface area contributed by atoms with Crippen molar-refractivity contribution in [3.8, 4) is 5.75 Å². The Morgan fingerprint density at radius 3 is 2.42 bits per heavy atom. The molecule has 0 unspecified atom stereocenters. The first-order valence-electron chi connectivity index (χ1n) is 11.4. The number of benzene rings is 1. The normalized spacial score (nSPS) is 18.2. The van der Waals surface area contributed by atoms with E-state index in [0.29, 0.717) is 58.0 Å². The molecule has 0 saturated carbocycles. The van der Waals surface area contributed by atoms with Crippen LogP contribution in [0.15, 0.2) is 23.1 Å². The number of rotatable bonds is 9. The minimum Gasteiger partial charge on any atom is -0.495 e. The lowest BCUT2D eigenvalue weighted by molar-refractivity contribution is -0.132. The Balaban J connectivity index is 1.61. The van der Waals surface area contributed by atoms with Crippen LogP contribution in [-0.2, 0) is 30.8 Å². The van der Waals surface area contributed by atoms with Gasteiger partial charge in [-0.3, -0.25) is 14.5 Å². The van der Waals surface area contributed by atoms with Crippen molar-refractivity contribution in [3.63, 3.8) is 0 Å². The predicted octanol–water partition coefficient (Wildman–Crippen LogP) is -0.0710. The van der Waals surface area contributed by atoms with Gasteiger partial charge in [-0.2, -0.15) is 4.31 Å². The van der Waals surface area contributed by atoms with Gasteiger partial charge in [-0.25, -0.2) is 8.42 Å². The minimum atomic E-state index is -3.75. The zero-order valence-corrected chi connectivity index (χ0v) is 20.2. The molecule has 33 heavy (non-hydrogen) atoms. The van der Waals surface area contributed by atoms with Crippen LogP contribution in [0.4, 0.5) is 0 Å². The van der Waals surface area contributed by atoms with Crippen molar-refractivity contribution in [1.29, 1.82) is 0 Å². The minimum absolute atomic E-state index is 0.00358. The summed E-state index contributed by atoms with van der Waals surface area (Å²) in [7, 11) is -2.32. The molecule has 3 rings (SSSR count). The number of nitrogens with one attached hydrogen (secondary N) is 1. The van der Waals surface area contributed by atoms with E-state index in [1.165, 1.54) is 17.5 Å². The fourth-order valence-corrected chi connectivity index (χ4v) is 5.54. The van der Waals surface area contributed by atoms with Crippen molar-refractivity contribution in [1.82, 2.24) is 19.4 Å². The number of carbonyl (C=O) groups excluding carboxylic acids is 2. The first-order chi connectivity index (χ1) is 15.8. The molecule has 2 aliphatic heterocycles. The van der Waals surface area contributed by atoms with Gasteiger partial charge in [0.2, 0.25) is 21.8 Å². The second kappa shape index (κ2) is 11.8. The maximum Gasteiger partial charge on any atom is 0.246 e. The summed E-state index contributed by atoms with van der Waals surface area (Å²) in [4.78, 5) is 28.6. The molecular weight excluding hydrogens is 448 g/mol. The molecule has 0 aromatic heterocycles. The van der Waals surface area contributed by atoms with Gasteiger partial charge in [0.15, 0.2) is 0 Å². The number of methoxy groups -OCH3 is 1. The second-order valence-corrected chi connectivity index (χ2v) is 10.1. The molecule has 2 amide bonds. The molecule has 10 nitrogen and oxygen atoms in total. The van der Waals surface area contributed by atoms with E-state index in [0.717, 1.165) is 6.42 Å². The molecule has 0 radical (unpaired) electrons. The Morgan fingerprint density at radius 2 is 1.79 bits per heavy atom. The summed E-state index contributed by atoms with van der Waals surface area (Å²) in [5, 5.41) is 2.87. The Kier molecular flexibility index (Phi) is 9.07. The third-order valence-electron chi connectivity index (χ3n) is 5.84. The number of hydrogen-bond acceptors (Lipinski definition) is 7. The van der Waals surface area contributed by atoms with E-state index >= 15 is 0 Å². The zero-order valence-electron chi connectivity index (χ0n) is 19.4. The Hall–Kier alpha value is -2.21. The van der Waals surface area contributed by atoms with Crippen LogP contribution in [-0.4, -0.2) is 107 Å². The largest absolute Gasteiger partial charge is 0.495 e. The smallest absolute Gasteiger partial charge is 0.246 e. The average molecular weight is 483 g/mol. The monoisotopic (exact) mass is 482 g/mol. The van der Waals surface area contributed by atoms with Crippen LogP contribution in [0.5, 0.6) is 5.75 Å². The van der Waals surface area contributed by atoms with Gasteiger partial charge in [-0.1, -0.05) is 13.0 Å². The molecule has 2 heterocycles. The quantitative estimate of drug-likeness (QED) is 0.525. The fraction of sp³-hybridized carbons (Fsp3) is 0.636. The number of amides is 2. The summed E-state index contributed by atoms with van der Waals surface area (Å²) in [5.74, 6) is 0.196. The van der Waals surface area contributed by atoms with Gasteiger partial charge < -0.3 is 19.7 Å². The van der Waals surface area contributed by atoms with Crippen LogP contribution in [0.1, 0.15) is 18.9 Å². The van der Waals surface area contributed by atoms with Crippen molar-refractivity contribution in [3.05, 3.63) is 23.8 Å². The van der Waals surface area contributed by atoms with Gasteiger partial charge in [-0.15, -0.1) is 0 Å². The Bertz CT molecular complexity index is 925. The van der Waals surface area contributed by atoms with Gasteiger partial charge in [-0.05, 0) is 24.1 Å². The number of hydrogen-bond donors (Lipinski definition) is 1. The number of carbonyl (C=O) groups is 2. The summed E-state index contributed by atoms with van der Waals surface area (Å²) in [6.45, 7) is 6.63. The van der Waals surface area contributed by atoms with E-state index in [9.17, 15) is 18.0 Å². The van der Waals surface area contributed by atoms with Crippen LogP contribution in [0.3, 0.4) is 0 Å². The van der Waals surface area contributed by atoms with Crippen molar-refractivity contribution in [2.24, 2.45) is 0 Å². The third-order valence-corrected chi connectivity index (χ3v) is 7.76. The molecule has 184 valence electrons. The molecule has 0 spiro atoms. The first kappa shape index (κ1) is 25.4. The van der Waals surface area contributed by atoms with E-state index in [1.54, 1.807) is 17.0 Å². The molecule has 0 bridgehead atoms. The third kappa shape index (κ3) is 6.66. The number of piperazine rings is 1. The Labute approximate surface area is 195 Å². The SMILES string of the molecule is CCCNC(=O)CN1CCN(C(=O)Cc2ccc(OC)c(S(=O)(=O)N3CCOCC3)c2)CC1. The molecule has 0 aliphatic carbocycles. The second-order valence-electron chi connectivity index (χ2n) is 8.19. The number of ether oxygens (including phenoxy) is 2. The van der Waals surface area contributed by atoms with E-state index in [1.807, 2.05) is 11.8 Å². The molecular formula is C22H34N4O6S. The predicted molar refractivity (Wildman–Crippen MR) is 123 cm³/mol. The molecule has 2 aliphatic rings. The molecule has 11 heteroatoms. The summed E-state index contributed by atoms with van der Waals surface area (Å²) in [6, 6.07) is 4.86. The number of sulfonamides is 1. The highest BCUT2D eigenvalue weighted by atomic mass is 32.2. The maximum absolute atomic E-state index is 13.2. The van der Waals surface area contributed by atoms with E-state index < -0.39 is 10.0 Å².